The highest BCUT2D eigenvalue weighted by molar-refractivity contribution is 14.1. The second kappa shape index (κ2) is 4.28. The lowest BCUT2D eigenvalue weighted by atomic mass is 10.1. The van der Waals surface area contributed by atoms with Crippen LogP contribution in [0.4, 0.5) is 0 Å². The van der Waals surface area contributed by atoms with E-state index in [0.717, 1.165) is 23.7 Å². The first kappa shape index (κ1) is 9.29. The lowest BCUT2D eigenvalue weighted by Gasteiger charge is -2.11. The molecular formula is C8H13IO2. The first-order valence-corrected chi connectivity index (χ1v) is 5.53. The summed E-state index contributed by atoms with van der Waals surface area (Å²) in [6.07, 6.45) is 3.33. The van der Waals surface area contributed by atoms with Crippen LogP contribution in [0.2, 0.25) is 0 Å². The smallest absolute Gasteiger partial charge is 0.308 e. The highest BCUT2D eigenvalue weighted by Crippen LogP contribution is 2.19. The number of hydrogen-bond acceptors (Lipinski definition) is 2. The molecule has 3 heteroatoms. The van der Waals surface area contributed by atoms with E-state index in [1.807, 2.05) is 6.92 Å². The van der Waals surface area contributed by atoms with E-state index in [-0.39, 0.29) is 18.0 Å². The maximum absolute atomic E-state index is 11.2. The highest BCUT2D eigenvalue weighted by Gasteiger charge is 2.22. The quantitative estimate of drug-likeness (QED) is 0.414. The van der Waals surface area contributed by atoms with Gasteiger partial charge in [-0.2, -0.15) is 0 Å². The third-order valence-corrected chi connectivity index (χ3v) is 3.00. The summed E-state index contributed by atoms with van der Waals surface area (Å²) in [5.41, 5.74) is 0. The summed E-state index contributed by atoms with van der Waals surface area (Å²) in [5, 5.41) is 0. The lowest BCUT2D eigenvalue weighted by Crippen LogP contribution is -2.19. The number of hydrogen-bond donors (Lipinski definition) is 0. The molecular weight excluding hydrogens is 255 g/mol. The monoisotopic (exact) mass is 268 g/mol. The fraction of sp³-hybridized carbons (Fsp3) is 0.875. The van der Waals surface area contributed by atoms with Crippen molar-refractivity contribution in [3.63, 3.8) is 0 Å². The predicted octanol–water partition coefficient (Wildman–Crippen LogP) is 2.15. The van der Waals surface area contributed by atoms with E-state index in [1.165, 1.54) is 0 Å². The summed E-state index contributed by atoms with van der Waals surface area (Å²) in [4.78, 5) is 11.2. The Labute approximate surface area is 80.8 Å². The van der Waals surface area contributed by atoms with Crippen molar-refractivity contribution in [1.82, 2.24) is 0 Å². The lowest BCUT2D eigenvalue weighted by molar-refractivity contribution is -0.150. The zero-order chi connectivity index (χ0) is 8.27. The molecule has 1 heterocycles. The largest absolute Gasteiger partial charge is 0.461 e. The Morgan fingerprint density at radius 1 is 1.64 bits per heavy atom. The molecule has 0 aliphatic carbocycles. The van der Waals surface area contributed by atoms with Gasteiger partial charge < -0.3 is 4.74 Å². The number of rotatable bonds is 1. The molecule has 0 amide bonds. The number of carbonyl (C=O) groups is 1. The van der Waals surface area contributed by atoms with Crippen LogP contribution >= 0.6 is 22.6 Å². The Kier molecular flexibility index (Phi) is 3.62. The molecule has 0 saturated carbocycles. The summed E-state index contributed by atoms with van der Waals surface area (Å²) in [6.45, 7) is 1.94. The molecule has 11 heavy (non-hydrogen) atoms. The zero-order valence-corrected chi connectivity index (χ0v) is 8.84. The molecule has 0 unspecified atom stereocenters. The molecule has 0 N–H and O–H groups in total. The van der Waals surface area contributed by atoms with Gasteiger partial charge in [-0.1, -0.05) is 29.5 Å². The Morgan fingerprint density at radius 3 is 3.00 bits per heavy atom. The molecule has 0 aromatic carbocycles. The van der Waals surface area contributed by atoms with Gasteiger partial charge in [-0.15, -0.1) is 0 Å². The predicted molar refractivity (Wildman–Crippen MR) is 51.8 cm³/mol. The average Bonchev–Trinajstić information content (AvgIpc) is 2.15. The van der Waals surface area contributed by atoms with Crippen LogP contribution < -0.4 is 0 Å². The van der Waals surface area contributed by atoms with Gasteiger partial charge in [0.1, 0.15) is 6.10 Å². The van der Waals surface area contributed by atoms with E-state index in [9.17, 15) is 4.79 Å². The molecule has 1 rings (SSSR count). The maximum Gasteiger partial charge on any atom is 0.308 e. The maximum atomic E-state index is 11.2. The average molecular weight is 268 g/mol. The number of alkyl halides is 1. The third-order valence-electron chi connectivity index (χ3n) is 2.02. The highest BCUT2D eigenvalue weighted by atomic mass is 127. The number of cyclic esters (lactones) is 1. The molecule has 2 atom stereocenters. The molecule has 0 aromatic rings. The van der Waals surface area contributed by atoms with Gasteiger partial charge in [0, 0.05) is 4.43 Å². The van der Waals surface area contributed by atoms with Gasteiger partial charge in [-0.05, 0) is 19.3 Å². The zero-order valence-electron chi connectivity index (χ0n) is 6.68. The molecule has 0 aromatic heterocycles. The van der Waals surface area contributed by atoms with Gasteiger partial charge in [0.2, 0.25) is 0 Å². The van der Waals surface area contributed by atoms with Crippen molar-refractivity contribution in [2.75, 3.05) is 4.43 Å². The van der Waals surface area contributed by atoms with Crippen LogP contribution in [0.1, 0.15) is 26.2 Å². The van der Waals surface area contributed by atoms with Crippen LogP contribution in [0, 0.1) is 5.92 Å². The molecule has 1 saturated heterocycles. The van der Waals surface area contributed by atoms with Crippen molar-refractivity contribution in [2.24, 2.45) is 5.92 Å². The van der Waals surface area contributed by atoms with Crippen molar-refractivity contribution >= 4 is 28.6 Å². The van der Waals surface area contributed by atoms with Crippen molar-refractivity contribution in [3.8, 4) is 0 Å². The SMILES string of the molecule is C[C@H]1CCC[C@@H](CI)OC1=O. The van der Waals surface area contributed by atoms with Crippen LogP contribution in [-0.4, -0.2) is 16.5 Å². The van der Waals surface area contributed by atoms with E-state index in [4.69, 9.17) is 4.74 Å². The Bertz CT molecular complexity index is 147. The summed E-state index contributed by atoms with van der Waals surface area (Å²) < 4.78 is 6.15. The van der Waals surface area contributed by atoms with Gasteiger partial charge in [0.25, 0.3) is 0 Å². The standard InChI is InChI=1S/C8H13IO2/c1-6-3-2-4-7(5-9)11-8(6)10/h6-7H,2-5H2,1H3/t6-,7-/m0/s1. The number of carbonyl (C=O) groups excluding carboxylic acids is 1. The number of ether oxygens (including phenoxy) is 1. The van der Waals surface area contributed by atoms with Crippen molar-refractivity contribution < 1.29 is 9.53 Å². The summed E-state index contributed by atoms with van der Waals surface area (Å²) >= 11 is 2.26. The summed E-state index contributed by atoms with van der Waals surface area (Å²) in [5.74, 6) is 0.104. The molecule has 1 aliphatic rings. The van der Waals surface area contributed by atoms with E-state index < -0.39 is 0 Å². The molecule has 1 fully saturated rings. The van der Waals surface area contributed by atoms with Gasteiger partial charge in [0.05, 0.1) is 5.92 Å². The topological polar surface area (TPSA) is 26.3 Å². The first-order chi connectivity index (χ1) is 5.24. The summed E-state index contributed by atoms with van der Waals surface area (Å²) in [7, 11) is 0. The minimum absolute atomic E-state index is 0.0100. The Balaban J connectivity index is 2.48. The van der Waals surface area contributed by atoms with Crippen LogP contribution in [-0.2, 0) is 9.53 Å². The van der Waals surface area contributed by atoms with Crippen LogP contribution in [0.25, 0.3) is 0 Å². The molecule has 2 nitrogen and oxygen atoms in total. The number of halogens is 1. The van der Waals surface area contributed by atoms with Crippen LogP contribution in [0.15, 0.2) is 0 Å². The third kappa shape index (κ3) is 2.61. The number of esters is 1. The minimum Gasteiger partial charge on any atom is -0.461 e. The summed E-state index contributed by atoms with van der Waals surface area (Å²) in [6, 6.07) is 0. The second-order valence-electron chi connectivity index (χ2n) is 3.05. The first-order valence-electron chi connectivity index (χ1n) is 4.00. The van der Waals surface area contributed by atoms with Crippen molar-refractivity contribution in [3.05, 3.63) is 0 Å². The molecule has 64 valence electrons. The Hall–Kier alpha value is 0.200. The van der Waals surface area contributed by atoms with Crippen LogP contribution in [0.3, 0.4) is 0 Å². The van der Waals surface area contributed by atoms with Crippen LogP contribution in [0.5, 0.6) is 0 Å². The van der Waals surface area contributed by atoms with Gasteiger partial charge in [-0.3, -0.25) is 4.79 Å². The van der Waals surface area contributed by atoms with E-state index in [2.05, 4.69) is 22.6 Å². The van der Waals surface area contributed by atoms with Gasteiger partial charge in [-0.25, -0.2) is 0 Å². The van der Waals surface area contributed by atoms with E-state index in [0.29, 0.717) is 0 Å². The van der Waals surface area contributed by atoms with Crippen molar-refractivity contribution in [2.45, 2.75) is 32.3 Å². The second-order valence-corrected chi connectivity index (χ2v) is 3.93. The van der Waals surface area contributed by atoms with E-state index in [1.54, 1.807) is 0 Å². The molecule has 1 aliphatic heterocycles. The van der Waals surface area contributed by atoms with Gasteiger partial charge >= 0.3 is 5.97 Å². The molecule has 0 bridgehead atoms. The Morgan fingerprint density at radius 2 is 2.36 bits per heavy atom. The van der Waals surface area contributed by atoms with E-state index >= 15 is 0 Å². The van der Waals surface area contributed by atoms with Gasteiger partial charge in [0.15, 0.2) is 0 Å². The van der Waals surface area contributed by atoms with Crippen molar-refractivity contribution in [1.29, 1.82) is 0 Å². The normalized spacial score (nSPS) is 32.7. The minimum atomic E-state index is -0.0100. The fourth-order valence-electron chi connectivity index (χ4n) is 1.22. The molecule has 0 spiro atoms. The fourth-order valence-corrected chi connectivity index (χ4v) is 1.84. The molecule has 0 radical (unpaired) electrons.